The van der Waals surface area contributed by atoms with E-state index in [-0.39, 0.29) is 12.5 Å². The van der Waals surface area contributed by atoms with Gasteiger partial charge in [0, 0.05) is 18.9 Å². The molecule has 4 aromatic rings. The molecule has 0 aliphatic rings. The van der Waals surface area contributed by atoms with E-state index < -0.39 is 0 Å². The van der Waals surface area contributed by atoms with Gasteiger partial charge >= 0.3 is 0 Å². The summed E-state index contributed by atoms with van der Waals surface area (Å²) in [6, 6.07) is 15.4. The topological polar surface area (TPSA) is 77.2 Å². The SMILES string of the molecule is Cc1noc(C)c1COc1cc2ccccc2cc1C(=O)NCc1cccnc1. The third-order valence-electron chi connectivity index (χ3n) is 4.82. The Hall–Kier alpha value is -3.67. The molecule has 1 N–H and O–H groups in total. The number of pyridine rings is 1. The lowest BCUT2D eigenvalue weighted by Gasteiger charge is -2.13. The molecule has 6 nitrogen and oxygen atoms in total. The molecular formula is C23H21N3O3. The summed E-state index contributed by atoms with van der Waals surface area (Å²) in [6.45, 7) is 4.39. The molecule has 2 aromatic heterocycles. The molecule has 1 amide bonds. The number of nitrogens with one attached hydrogen (secondary N) is 1. The van der Waals surface area contributed by atoms with Gasteiger partial charge in [0.15, 0.2) is 0 Å². The highest BCUT2D eigenvalue weighted by Crippen LogP contribution is 2.28. The molecule has 2 heterocycles. The Morgan fingerprint density at radius 2 is 1.90 bits per heavy atom. The maximum absolute atomic E-state index is 12.9. The van der Waals surface area contributed by atoms with Gasteiger partial charge in [-0.1, -0.05) is 35.5 Å². The summed E-state index contributed by atoms with van der Waals surface area (Å²) < 4.78 is 11.3. The minimum Gasteiger partial charge on any atom is -0.488 e. The van der Waals surface area contributed by atoms with Crippen LogP contribution in [0.1, 0.15) is 32.9 Å². The molecule has 0 aliphatic carbocycles. The van der Waals surface area contributed by atoms with E-state index in [1.165, 1.54) is 0 Å². The predicted octanol–water partition coefficient (Wildman–Crippen LogP) is 4.35. The number of hydrogen-bond donors (Lipinski definition) is 1. The highest BCUT2D eigenvalue weighted by molar-refractivity contribution is 6.01. The van der Waals surface area contributed by atoms with Crippen LogP contribution in [0.25, 0.3) is 10.8 Å². The smallest absolute Gasteiger partial charge is 0.255 e. The van der Waals surface area contributed by atoms with Gasteiger partial charge in [0.2, 0.25) is 0 Å². The number of fused-ring (bicyclic) bond motifs is 1. The lowest BCUT2D eigenvalue weighted by Crippen LogP contribution is -2.23. The number of carbonyl (C=O) groups excluding carboxylic acids is 1. The normalized spacial score (nSPS) is 10.8. The average molecular weight is 387 g/mol. The molecule has 0 saturated heterocycles. The van der Waals surface area contributed by atoms with Gasteiger partial charge in [0.1, 0.15) is 18.1 Å². The number of aryl methyl sites for hydroxylation is 2. The van der Waals surface area contributed by atoms with E-state index in [9.17, 15) is 4.79 Å². The van der Waals surface area contributed by atoms with Crippen LogP contribution in [0, 0.1) is 13.8 Å². The Morgan fingerprint density at radius 1 is 1.10 bits per heavy atom. The van der Waals surface area contributed by atoms with Crippen molar-refractivity contribution in [1.29, 1.82) is 0 Å². The second-order valence-electron chi connectivity index (χ2n) is 6.83. The second-order valence-corrected chi connectivity index (χ2v) is 6.83. The molecule has 29 heavy (non-hydrogen) atoms. The maximum atomic E-state index is 12.9. The van der Waals surface area contributed by atoms with Gasteiger partial charge in [-0.2, -0.15) is 0 Å². The van der Waals surface area contributed by atoms with E-state index in [1.54, 1.807) is 12.4 Å². The Kier molecular flexibility index (Phi) is 5.24. The molecule has 0 unspecified atom stereocenters. The largest absolute Gasteiger partial charge is 0.488 e. The van der Waals surface area contributed by atoms with Gasteiger partial charge in [-0.05, 0) is 48.4 Å². The zero-order valence-electron chi connectivity index (χ0n) is 16.3. The van der Waals surface area contributed by atoms with Crippen LogP contribution in [0.4, 0.5) is 0 Å². The first-order valence-corrected chi connectivity index (χ1v) is 9.36. The first kappa shape index (κ1) is 18.7. The van der Waals surface area contributed by atoms with Crippen molar-refractivity contribution in [2.24, 2.45) is 0 Å². The summed E-state index contributed by atoms with van der Waals surface area (Å²) in [7, 11) is 0. The monoisotopic (exact) mass is 387 g/mol. The van der Waals surface area contributed by atoms with Gasteiger partial charge in [-0.3, -0.25) is 9.78 Å². The molecule has 0 atom stereocenters. The molecule has 4 rings (SSSR count). The fraction of sp³-hybridized carbons (Fsp3) is 0.174. The standard InChI is InChI=1S/C23H21N3O3/c1-15-21(16(2)29-26-15)14-28-22-11-19-8-4-3-7-18(19)10-20(22)23(27)25-13-17-6-5-9-24-12-17/h3-12H,13-14H2,1-2H3,(H,25,27). The van der Waals surface area contributed by atoms with E-state index in [0.29, 0.717) is 23.6 Å². The van der Waals surface area contributed by atoms with Crippen molar-refractivity contribution in [3.8, 4) is 5.75 Å². The molecule has 0 saturated carbocycles. The zero-order valence-corrected chi connectivity index (χ0v) is 16.3. The van der Waals surface area contributed by atoms with Gasteiger partial charge in [-0.15, -0.1) is 0 Å². The van der Waals surface area contributed by atoms with Crippen LogP contribution in [0.3, 0.4) is 0 Å². The molecule has 0 fully saturated rings. The average Bonchev–Trinajstić information content (AvgIpc) is 3.08. The van der Waals surface area contributed by atoms with Crippen molar-refractivity contribution < 1.29 is 14.1 Å². The quantitative estimate of drug-likeness (QED) is 0.532. The number of carbonyl (C=O) groups is 1. The van der Waals surface area contributed by atoms with Crippen LogP contribution in [-0.2, 0) is 13.2 Å². The number of nitrogens with zero attached hydrogens (tertiary/aromatic N) is 2. The van der Waals surface area contributed by atoms with Crippen LogP contribution in [0.15, 0.2) is 65.4 Å². The molecule has 146 valence electrons. The van der Waals surface area contributed by atoms with Crippen molar-refractivity contribution in [2.75, 3.05) is 0 Å². The third kappa shape index (κ3) is 4.11. The van der Waals surface area contributed by atoms with E-state index >= 15 is 0 Å². The third-order valence-corrected chi connectivity index (χ3v) is 4.82. The Bertz CT molecular complexity index is 1130. The molecule has 6 heteroatoms. The van der Waals surface area contributed by atoms with Crippen molar-refractivity contribution in [3.05, 3.63) is 89.1 Å². The molecular weight excluding hydrogens is 366 g/mol. The van der Waals surface area contributed by atoms with E-state index in [0.717, 1.165) is 27.6 Å². The van der Waals surface area contributed by atoms with Crippen molar-refractivity contribution >= 4 is 16.7 Å². The summed E-state index contributed by atoms with van der Waals surface area (Å²) in [5.74, 6) is 1.03. The van der Waals surface area contributed by atoms with E-state index in [4.69, 9.17) is 9.26 Å². The number of amides is 1. The minimum absolute atomic E-state index is 0.201. The van der Waals surface area contributed by atoms with Gasteiger partial charge in [0.05, 0.1) is 16.8 Å². The number of benzene rings is 2. The molecule has 0 bridgehead atoms. The molecule has 2 aromatic carbocycles. The molecule has 0 spiro atoms. The Morgan fingerprint density at radius 3 is 2.59 bits per heavy atom. The van der Waals surface area contributed by atoms with Crippen LogP contribution in [0.5, 0.6) is 5.75 Å². The lowest BCUT2D eigenvalue weighted by molar-refractivity contribution is 0.0946. The molecule has 0 radical (unpaired) electrons. The van der Waals surface area contributed by atoms with Crippen LogP contribution >= 0.6 is 0 Å². The van der Waals surface area contributed by atoms with E-state index in [1.807, 2.05) is 62.4 Å². The van der Waals surface area contributed by atoms with Gasteiger partial charge in [0.25, 0.3) is 5.91 Å². The summed E-state index contributed by atoms with van der Waals surface area (Å²) >= 11 is 0. The fourth-order valence-electron chi connectivity index (χ4n) is 3.15. The number of aromatic nitrogens is 2. The highest BCUT2D eigenvalue weighted by atomic mass is 16.5. The first-order chi connectivity index (χ1) is 14.1. The number of rotatable bonds is 6. The Labute approximate surface area is 168 Å². The fourth-order valence-corrected chi connectivity index (χ4v) is 3.15. The lowest BCUT2D eigenvalue weighted by atomic mass is 10.0. The van der Waals surface area contributed by atoms with Crippen LogP contribution in [0.2, 0.25) is 0 Å². The highest BCUT2D eigenvalue weighted by Gasteiger charge is 2.16. The summed E-state index contributed by atoms with van der Waals surface area (Å²) in [5.41, 5.74) is 3.09. The molecule has 0 aliphatic heterocycles. The summed E-state index contributed by atoms with van der Waals surface area (Å²) in [4.78, 5) is 17.0. The predicted molar refractivity (Wildman–Crippen MR) is 110 cm³/mol. The summed E-state index contributed by atoms with van der Waals surface area (Å²) in [5, 5.41) is 8.89. The number of hydrogen-bond acceptors (Lipinski definition) is 5. The maximum Gasteiger partial charge on any atom is 0.255 e. The van der Waals surface area contributed by atoms with Crippen LogP contribution in [-0.4, -0.2) is 16.0 Å². The minimum atomic E-state index is -0.201. The van der Waals surface area contributed by atoms with Crippen molar-refractivity contribution in [2.45, 2.75) is 27.0 Å². The van der Waals surface area contributed by atoms with Gasteiger partial charge in [-0.25, -0.2) is 0 Å². The zero-order chi connectivity index (χ0) is 20.2. The summed E-state index contributed by atoms with van der Waals surface area (Å²) in [6.07, 6.45) is 3.44. The van der Waals surface area contributed by atoms with Gasteiger partial charge < -0.3 is 14.6 Å². The number of ether oxygens (including phenoxy) is 1. The van der Waals surface area contributed by atoms with E-state index in [2.05, 4.69) is 15.5 Å². The van der Waals surface area contributed by atoms with Crippen LogP contribution < -0.4 is 10.1 Å². The second kappa shape index (κ2) is 8.14. The van der Waals surface area contributed by atoms with Crippen molar-refractivity contribution in [3.63, 3.8) is 0 Å². The first-order valence-electron chi connectivity index (χ1n) is 9.36. The Balaban J connectivity index is 1.61. The van der Waals surface area contributed by atoms with Crippen molar-refractivity contribution in [1.82, 2.24) is 15.5 Å².